The summed E-state index contributed by atoms with van der Waals surface area (Å²) >= 11 is 1.07. The van der Waals surface area contributed by atoms with Crippen molar-refractivity contribution >= 4 is 23.8 Å². The van der Waals surface area contributed by atoms with Crippen molar-refractivity contribution in [1.29, 1.82) is 0 Å². The summed E-state index contributed by atoms with van der Waals surface area (Å²) < 4.78 is 13.5. The van der Waals surface area contributed by atoms with Crippen LogP contribution < -0.4 is 11.2 Å². The molecular weight excluding hydrogens is 249 g/mol. The smallest absolute Gasteiger partial charge is 0.332 e. The van der Waals surface area contributed by atoms with Crippen LogP contribution in [0.25, 0.3) is 0 Å². The molecule has 17 heavy (non-hydrogen) atoms. The molecule has 4 amide bonds. The van der Waals surface area contributed by atoms with Crippen molar-refractivity contribution in [3.8, 4) is 0 Å². The molecule has 98 valence electrons. The van der Waals surface area contributed by atoms with Gasteiger partial charge in [0.25, 0.3) is 0 Å². The predicted octanol–water partition coefficient (Wildman–Crippen LogP) is 0.854. The van der Waals surface area contributed by atoms with Gasteiger partial charge in [0.1, 0.15) is 0 Å². The lowest BCUT2D eigenvalue weighted by molar-refractivity contribution is -0.0700. The Morgan fingerprint density at radius 1 is 1.53 bits per heavy atom. The lowest BCUT2D eigenvalue weighted by atomic mass is 10.1. The van der Waals surface area contributed by atoms with Gasteiger partial charge in [-0.25, -0.2) is 20.4 Å². The van der Waals surface area contributed by atoms with E-state index >= 15 is 0 Å². The van der Waals surface area contributed by atoms with E-state index in [1.165, 1.54) is 0 Å². The Kier molecular flexibility index (Phi) is 3.72. The van der Waals surface area contributed by atoms with Gasteiger partial charge in [0.15, 0.2) is 5.50 Å². The number of nitrogens with two attached hydrogens (primary N) is 1. The Balaban J connectivity index is 2.88. The van der Waals surface area contributed by atoms with Gasteiger partial charge in [0.05, 0.1) is 0 Å². The van der Waals surface area contributed by atoms with Gasteiger partial charge in [-0.2, -0.15) is 5.01 Å². The van der Waals surface area contributed by atoms with E-state index in [1.54, 1.807) is 27.0 Å². The Hall–Kier alpha value is -1.22. The molecule has 1 aliphatic heterocycles. The maximum absolute atomic E-state index is 13.5. The molecule has 0 radical (unpaired) electrons. The van der Waals surface area contributed by atoms with E-state index in [-0.39, 0.29) is 5.23 Å². The maximum atomic E-state index is 13.5. The van der Waals surface area contributed by atoms with Gasteiger partial charge in [0.2, 0.25) is 0 Å². The highest BCUT2D eigenvalue weighted by molar-refractivity contribution is 7.99. The third-order valence-electron chi connectivity index (χ3n) is 1.92. The third kappa shape index (κ3) is 2.72. The number of nitrogens with zero attached hydrogens (tertiary/aromatic N) is 3. The molecule has 1 unspecified atom stereocenters. The zero-order valence-electron chi connectivity index (χ0n) is 10.1. The summed E-state index contributed by atoms with van der Waals surface area (Å²) in [7, 11) is 0. The quantitative estimate of drug-likeness (QED) is 0.418. The third-order valence-corrected chi connectivity index (χ3v) is 2.76. The standard InChI is InChI=1S/C8H16FN5O2S/c1-8(2,3)11-5(15)13-7(17-4)12(10)6(16)14(13)9/h7H,10H2,1-4H3,(H,11,15). The second-order valence-corrected chi connectivity index (χ2v) is 5.43. The summed E-state index contributed by atoms with van der Waals surface area (Å²) in [5.41, 5.74) is -1.43. The van der Waals surface area contributed by atoms with Crippen molar-refractivity contribution < 1.29 is 14.1 Å². The fraction of sp³-hybridized carbons (Fsp3) is 0.750. The number of hydrogen-bond acceptors (Lipinski definition) is 4. The van der Waals surface area contributed by atoms with Crippen LogP contribution in [0.1, 0.15) is 20.8 Å². The molecule has 1 rings (SSSR count). The van der Waals surface area contributed by atoms with Crippen molar-refractivity contribution in [1.82, 2.24) is 20.6 Å². The number of nitrogens with one attached hydrogen (secondary N) is 1. The van der Waals surface area contributed by atoms with Crippen LogP contribution in [0.5, 0.6) is 0 Å². The minimum atomic E-state index is -1.08. The number of carbonyl (C=O) groups excluding carboxylic acids is 2. The number of amides is 4. The first-order chi connectivity index (χ1) is 7.69. The minimum absolute atomic E-state index is 0.289. The number of thioether (sulfide) groups is 1. The molecule has 1 saturated heterocycles. The van der Waals surface area contributed by atoms with Crippen LogP contribution in [-0.2, 0) is 0 Å². The van der Waals surface area contributed by atoms with Gasteiger partial charge >= 0.3 is 12.1 Å². The zero-order chi connectivity index (χ0) is 13.4. The largest absolute Gasteiger partial charge is 0.385 e. The molecule has 0 saturated carbocycles. The van der Waals surface area contributed by atoms with Crippen molar-refractivity contribution in [2.75, 3.05) is 6.26 Å². The van der Waals surface area contributed by atoms with Crippen LogP contribution in [0.15, 0.2) is 0 Å². The van der Waals surface area contributed by atoms with E-state index in [2.05, 4.69) is 5.32 Å². The highest BCUT2D eigenvalue weighted by Crippen LogP contribution is 2.26. The lowest BCUT2D eigenvalue weighted by Gasteiger charge is -2.28. The molecule has 0 aliphatic carbocycles. The van der Waals surface area contributed by atoms with Gasteiger partial charge < -0.3 is 5.32 Å². The van der Waals surface area contributed by atoms with Gasteiger partial charge in [0, 0.05) is 5.54 Å². The van der Waals surface area contributed by atoms with E-state index in [0.29, 0.717) is 10.0 Å². The van der Waals surface area contributed by atoms with Crippen molar-refractivity contribution in [2.24, 2.45) is 5.84 Å². The molecule has 3 N–H and O–H groups in total. The molecule has 0 aromatic heterocycles. The van der Waals surface area contributed by atoms with E-state index in [4.69, 9.17) is 5.84 Å². The first-order valence-electron chi connectivity index (χ1n) is 4.87. The predicted molar refractivity (Wildman–Crippen MR) is 61.8 cm³/mol. The molecule has 0 bridgehead atoms. The average molecular weight is 265 g/mol. The summed E-state index contributed by atoms with van der Waals surface area (Å²) in [4.78, 5) is 23.1. The van der Waals surface area contributed by atoms with Gasteiger partial charge in [-0.3, -0.25) is 0 Å². The summed E-state index contributed by atoms with van der Waals surface area (Å²) in [6.07, 6.45) is 1.62. The first kappa shape index (κ1) is 13.8. The van der Waals surface area contributed by atoms with Gasteiger partial charge in [-0.15, -0.1) is 11.8 Å². The van der Waals surface area contributed by atoms with Crippen LogP contribution in [0.2, 0.25) is 0 Å². The van der Waals surface area contributed by atoms with Crippen LogP contribution in [0, 0.1) is 0 Å². The van der Waals surface area contributed by atoms with Crippen molar-refractivity contribution in [3.05, 3.63) is 0 Å². The number of halogens is 1. The molecule has 9 heteroatoms. The second-order valence-electron chi connectivity index (χ2n) is 4.54. The molecular formula is C8H16FN5O2S. The summed E-state index contributed by atoms with van der Waals surface area (Å²) in [6.45, 7) is 5.25. The zero-order valence-corrected chi connectivity index (χ0v) is 10.9. The molecule has 7 nitrogen and oxygen atoms in total. The summed E-state index contributed by atoms with van der Waals surface area (Å²) in [5, 5.41) is 3.56. The SMILES string of the molecule is CSC1N(N)C(=O)N(F)N1C(=O)NC(C)(C)C. The Morgan fingerprint density at radius 2 is 2.06 bits per heavy atom. The molecule has 1 atom stereocenters. The van der Waals surface area contributed by atoms with Crippen molar-refractivity contribution in [3.63, 3.8) is 0 Å². The molecule has 1 fully saturated rings. The highest BCUT2D eigenvalue weighted by atomic mass is 32.2. The van der Waals surface area contributed by atoms with Crippen LogP contribution in [0.3, 0.4) is 0 Å². The molecule has 0 aromatic carbocycles. The molecule has 0 spiro atoms. The number of rotatable bonds is 1. The lowest BCUT2D eigenvalue weighted by Crippen LogP contribution is -2.53. The summed E-state index contributed by atoms with van der Waals surface area (Å²) in [6, 6.07) is -1.80. The monoisotopic (exact) mass is 265 g/mol. The van der Waals surface area contributed by atoms with E-state index < -0.39 is 23.1 Å². The van der Waals surface area contributed by atoms with Gasteiger partial charge in [-0.05, 0) is 27.0 Å². The maximum Gasteiger partial charge on any atom is 0.385 e. The van der Waals surface area contributed by atoms with Crippen LogP contribution >= 0.6 is 11.8 Å². The Bertz CT molecular complexity index is 334. The highest BCUT2D eigenvalue weighted by Gasteiger charge is 2.47. The number of hydrogen-bond donors (Lipinski definition) is 2. The minimum Gasteiger partial charge on any atom is -0.332 e. The number of hydrazine groups is 2. The first-order valence-corrected chi connectivity index (χ1v) is 6.15. The number of urea groups is 2. The van der Waals surface area contributed by atoms with Gasteiger partial charge in [-0.1, -0.05) is 9.71 Å². The summed E-state index contributed by atoms with van der Waals surface area (Å²) in [5.74, 6) is 5.38. The van der Waals surface area contributed by atoms with Crippen molar-refractivity contribution in [2.45, 2.75) is 31.8 Å². The van der Waals surface area contributed by atoms with E-state index in [9.17, 15) is 14.1 Å². The molecule has 0 aromatic rings. The fourth-order valence-electron chi connectivity index (χ4n) is 1.26. The van der Waals surface area contributed by atoms with Crippen LogP contribution in [0.4, 0.5) is 14.1 Å². The fourth-order valence-corrected chi connectivity index (χ4v) is 1.95. The average Bonchev–Trinajstić information content (AvgIpc) is 2.39. The number of carbonyl (C=O) groups is 2. The topological polar surface area (TPSA) is 81.9 Å². The molecule has 1 heterocycles. The Labute approximate surface area is 103 Å². The normalized spacial score (nSPS) is 21.2. The van der Waals surface area contributed by atoms with E-state index in [1.807, 2.05) is 0 Å². The second kappa shape index (κ2) is 4.57. The van der Waals surface area contributed by atoms with Crippen LogP contribution in [-0.4, -0.2) is 44.6 Å². The molecule has 1 aliphatic rings. The van der Waals surface area contributed by atoms with E-state index in [0.717, 1.165) is 11.8 Å². The Morgan fingerprint density at radius 3 is 2.47 bits per heavy atom.